The van der Waals surface area contributed by atoms with Gasteiger partial charge in [0, 0.05) is 88.0 Å². The molecule has 0 unspecified atom stereocenters. The molecule has 0 bridgehead atoms. The molecule has 2 aromatic carbocycles. The molecule has 4 rings (SSSR count). The minimum atomic E-state index is -0.392. The average Bonchev–Trinajstić information content (AvgIpc) is 2.89. The number of hydrogen-bond donors (Lipinski definition) is 0. The molecule has 0 aliphatic carbocycles. The van der Waals surface area contributed by atoms with Crippen LogP contribution < -0.4 is 9.80 Å². The van der Waals surface area contributed by atoms with E-state index in [0.717, 1.165) is 63.7 Å². The van der Waals surface area contributed by atoms with Crippen LogP contribution in [0.2, 0.25) is 0 Å². The van der Waals surface area contributed by atoms with Crippen molar-refractivity contribution in [3.63, 3.8) is 0 Å². The molecule has 2 aliphatic rings. The Hall–Kier alpha value is -2.32. The second kappa shape index (κ2) is 14.6. The fourth-order valence-electron chi connectivity index (χ4n) is 3.86. The van der Waals surface area contributed by atoms with E-state index >= 15 is 0 Å². The first-order chi connectivity index (χ1) is 17.2. The van der Waals surface area contributed by atoms with Gasteiger partial charge in [-0.05, 0) is 24.3 Å². The maximum atomic E-state index is 10.6. The summed E-state index contributed by atoms with van der Waals surface area (Å²) in [5, 5.41) is 21.1. The molecule has 0 aromatic heterocycles. The molecule has 0 radical (unpaired) electrons. The molecule has 10 nitrogen and oxygen atoms in total. The van der Waals surface area contributed by atoms with E-state index < -0.39 is 9.85 Å². The number of anilines is 2. The average molecular weight is 630 g/mol. The van der Waals surface area contributed by atoms with Gasteiger partial charge in [-0.15, -0.1) is 0 Å². The van der Waals surface area contributed by atoms with Crippen LogP contribution in [0.4, 0.5) is 22.7 Å². The minimum Gasteiger partial charge on any atom is -0.411 e. The van der Waals surface area contributed by atoms with E-state index in [0.29, 0.717) is 8.64 Å². The summed E-state index contributed by atoms with van der Waals surface area (Å²) in [6.45, 7) is 6.53. The molecule has 192 valence electrons. The van der Waals surface area contributed by atoms with Gasteiger partial charge in [0.05, 0.1) is 9.85 Å². The predicted molar refractivity (Wildman–Crippen MR) is 154 cm³/mol. The van der Waals surface area contributed by atoms with E-state index in [2.05, 4.69) is 9.80 Å². The van der Waals surface area contributed by atoms with Crippen molar-refractivity contribution in [3.8, 4) is 0 Å². The second-order valence-corrected chi connectivity index (χ2v) is 10.1. The molecule has 0 atom stereocenters. The molecule has 2 fully saturated rings. The van der Waals surface area contributed by atoms with Gasteiger partial charge in [-0.25, -0.2) is 0 Å². The van der Waals surface area contributed by atoms with Gasteiger partial charge in [-0.2, -0.15) is 0 Å². The minimum absolute atomic E-state index is 0. The van der Waals surface area contributed by atoms with Crippen LogP contribution in [-0.4, -0.2) is 80.6 Å². The van der Waals surface area contributed by atoms with Gasteiger partial charge < -0.3 is 69.3 Å². The Balaban J connectivity index is 0.000000253. The van der Waals surface area contributed by atoms with Crippen molar-refractivity contribution in [1.82, 2.24) is 9.80 Å². The smallest absolute Gasteiger partial charge is 0.411 e. The Morgan fingerprint density at radius 2 is 0.892 bits per heavy atom. The number of rotatable bonds is 4. The molecular weight excluding hydrogens is 606 g/mol. The molecule has 15 heteroatoms. The summed E-state index contributed by atoms with van der Waals surface area (Å²) >= 11 is 19.9. The van der Waals surface area contributed by atoms with Crippen LogP contribution >= 0.6 is 24.4 Å². The topological polar surface area (TPSA) is 99.2 Å². The summed E-state index contributed by atoms with van der Waals surface area (Å²) in [6.07, 6.45) is 0. The first-order valence-corrected chi connectivity index (χ1v) is 12.7. The number of non-ortho nitro benzene ring substituents is 2. The normalized spacial score (nSPS) is 15.1. The summed E-state index contributed by atoms with van der Waals surface area (Å²) in [7, 11) is 0. The number of nitrogens with zero attached hydrogens (tertiary/aromatic N) is 6. The third-order valence-corrected chi connectivity index (χ3v) is 6.96. The predicted octanol–water partition coefficient (Wildman–Crippen LogP) is 3.09. The maximum absolute atomic E-state index is 10.6. The summed E-state index contributed by atoms with van der Waals surface area (Å²) in [4.78, 5) is 28.7. The molecule has 2 saturated heterocycles. The van der Waals surface area contributed by atoms with Gasteiger partial charge >= 0.3 is 19.5 Å². The zero-order chi connectivity index (χ0) is 26.2. The quantitative estimate of drug-likeness (QED) is 0.163. The Kier molecular flexibility index (Phi) is 12.2. The van der Waals surface area contributed by atoms with Crippen molar-refractivity contribution in [2.24, 2.45) is 0 Å². The first kappa shape index (κ1) is 30.9. The number of thiocarbonyl (C=S) groups is 2. The zero-order valence-corrected chi connectivity index (χ0v) is 26.2. The van der Waals surface area contributed by atoms with Crippen LogP contribution in [0.15, 0.2) is 48.5 Å². The molecular formula is C22H24N6O4S4Zn. The van der Waals surface area contributed by atoms with E-state index in [4.69, 9.17) is 49.7 Å². The monoisotopic (exact) mass is 628 g/mol. The summed E-state index contributed by atoms with van der Waals surface area (Å²) in [5.41, 5.74) is 2.22. The maximum Gasteiger partial charge on any atom is 2.00 e. The first-order valence-electron chi connectivity index (χ1n) is 11.1. The standard InChI is InChI=1S/2C11H13N3O2S2.Zn/c2*15-14(16)10-3-1-9(2-4-10)12-5-7-13(8-6-12)11(17)18;/h2*1-4H,5-8H2,(H,17,18);/q;;+2/p-2. The summed E-state index contributed by atoms with van der Waals surface area (Å²) < 4.78 is 1.02. The van der Waals surface area contributed by atoms with Gasteiger partial charge in [0.15, 0.2) is 0 Å². The van der Waals surface area contributed by atoms with Crippen LogP contribution in [-0.2, 0) is 44.7 Å². The Bertz CT molecular complexity index is 1010. The zero-order valence-electron chi connectivity index (χ0n) is 19.9. The van der Waals surface area contributed by atoms with Crippen LogP contribution in [0.5, 0.6) is 0 Å². The van der Waals surface area contributed by atoms with Crippen molar-refractivity contribution in [1.29, 1.82) is 0 Å². The number of piperazine rings is 2. The SMILES string of the molecule is O=[N+]([O-])c1ccc(N2CCN(C(=S)[S-])CC2)cc1.O=[N+]([O-])c1ccc(N2CCN(C(=S)[S-])CC2)cc1.[Zn+2]. The molecule has 0 N–H and O–H groups in total. The molecule has 2 aromatic rings. The van der Waals surface area contributed by atoms with Gasteiger partial charge in [0.25, 0.3) is 11.4 Å². The molecule has 2 aliphatic heterocycles. The van der Waals surface area contributed by atoms with Crippen molar-refractivity contribution < 1.29 is 29.3 Å². The Morgan fingerprint density at radius 3 is 1.11 bits per heavy atom. The van der Waals surface area contributed by atoms with Crippen molar-refractivity contribution in [3.05, 3.63) is 68.8 Å². The van der Waals surface area contributed by atoms with E-state index in [1.165, 1.54) is 24.3 Å². The molecule has 0 spiro atoms. The van der Waals surface area contributed by atoms with Crippen molar-refractivity contribution in [2.45, 2.75) is 0 Å². The van der Waals surface area contributed by atoms with Gasteiger partial charge in [-0.1, -0.05) is 8.64 Å². The van der Waals surface area contributed by atoms with E-state index in [1.54, 1.807) is 24.3 Å². The number of hydrogen-bond acceptors (Lipinski definition) is 10. The van der Waals surface area contributed by atoms with Crippen molar-refractivity contribution >= 4 is 81.1 Å². The van der Waals surface area contributed by atoms with Gasteiger partial charge in [0.2, 0.25) is 0 Å². The van der Waals surface area contributed by atoms with Gasteiger partial charge in [-0.3, -0.25) is 20.2 Å². The second-order valence-electron chi connectivity index (χ2n) is 8.03. The summed E-state index contributed by atoms with van der Waals surface area (Å²) in [5.74, 6) is 0. The van der Waals surface area contributed by atoms with E-state index in [1.807, 2.05) is 9.80 Å². The van der Waals surface area contributed by atoms with Crippen LogP contribution in [0, 0.1) is 20.2 Å². The number of benzene rings is 2. The van der Waals surface area contributed by atoms with Crippen LogP contribution in [0.3, 0.4) is 0 Å². The van der Waals surface area contributed by atoms with Gasteiger partial charge in [0.1, 0.15) is 0 Å². The van der Waals surface area contributed by atoms with E-state index in [-0.39, 0.29) is 30.9 Å². The molecule has 0 amide bonds. The molecule has 2 heterocycles. The fourth-order valence-corrected chi connectivity index (χ4v) is 4.60. The molecule has 0 saturated carbocycles. The Morgan fingerprint density at radius 1 is 0.622 bits per heavy atom. The fraction of sp³-hybridized carbons (Fsp3) is 0.364. The molecule has 37 heavy (non-hydrogen) atoms. The van der Waals surface area contributed by atoms with Crippen LogP contribution in [0.1, 0.15) is 0 Å². The van der Waals surface area contributed by atoms with Crippen molar-refractivity contribution in [2.75, 3.05) is 62.2 Å². The third-order valence-electron chi connectivity index (χ3n) is 5.93. The number of nitro benzene ring substituents is 2. The third kappa shape index (κ3) is 8.89. The van der Waals surface area contributed by atoms with Crippen LogP contribution in [0.25, 0.3) is 0 Å². The Labute approximate surface area is 249 Å². The van der Waals surface area contributed by atoms with E-state index in [9.17, 15) is 20.2 Å². The largest absolute Gasteiger partial charge is 2.00 e. The summed E-state index contributed by atoms with van der Waals surface area (Å²) in [6, 6.07) is 13.2. The number of nitro groups is 2.